The van der Waals surface area contributed by atoms with Crippen LogP contribution in [0.4, 0.5) is 11.5 Å². The SMILES string of the molecule is CCCc1cc2c(N)nc3ccc(N4CCN(C(C)(C)C)CC4)cc3c2o1. The summed E-state index contributed by atoms with van der Waals surface area (Å²) in [6.45, 7) is 13.3. The van der Waals surface area contributed by atoms with Gasteiger partial charge in [-0.3, -0.25) is 4.90 Å². The Hall–Kier alpha value is -2.27. The molecular weight excluding hydrogens is 336 g/mol. The van der Waals surface area contributed by atoms with Crippen molar-refractivity contribution in [1.82, 2.24) is 9.88 Å². The van der Waals surface area contributed by atoms with Crippen LogP contribution in [0.5, 0.6) is 0 Å². The minimum absolute atomic E-state index is 0.229. The summed E-state index contributed by atoms with van der Waals surface area (Å²) in [5, 5.41) is 1.98. The van der Waals surface area contributed by atoms with Crippen LogP contribution in [0.3, 0.4) is 0 Å². The number of anilines is 2. The molecule has 144 valence electrons. The molecule has 2 N–H and O–H groups in total. The molecular formula is C22H30N4O. The van der Waals surface area contributed by atoms with Crippen LogP contribution >= 0.6 is 0 Å². The van der Waals surface area contributed by atoms with Gasteiger partial charge in [-0.05, 0) is 51.5 Å². The van der Waals surface area contributed by atoms with Crippen LogP contribution in [0.2, 0.25) is 0 Å². The van der Waals surface area contributed by atoms with Crippen molar-refractivity contribution in [2.45, 2.75) is 46.1 Å². The predicted octanol–water partition coefficient (Wildman–Crippen LogP) is 4.44. The zero-order valence-electron chi connectivity index (χ0n) is 16.9. The van der Waals surface area contributed by atoms with E-state index in [1.807, 2.05) is 0 Å². The topological polar surface area (TPSA) is 58.5 Å². The number of piperazine rings is 1. The molecule has 5 nitrogen and oxygen atoms in total. The second-order valence-electron chi connectivity index (χ2n) is 8.55. The maximum atomic E-state index is 6.18. The number of nitrogens with two attached hydrogens (primary N) is 1. The number of benzene rings is 1. The summed E-state index contributed by atoms with van der Waals surface area (Å²) in [5.74, 6) is 1.54. The summed E-state index contributed by atoms with van der Waals surface area (Å²) in [7, 11) is 0. The first-order chi connectivity index (χ1) is 12.9. The fourth-order valence-corrected chi connectivity index (χ4v) is 4.03. The molecule has 0 bridgehead atoms. The first-order valence-electron chi connectivity index (χ1n) is 9.98. The number of rotatable bonds is 3. The number of fused-ring (bicyclic) bond motifs is 3. The molecule has 1 aliphatic heterocycles. The van der Waals surface area contributed by atoms with E-state index in [-0.39, 0.29) is 5.54 Å². The second kappa shape index (κ2) is 6.71. The number of pyridine rings is 1. The molecule has 4 rings (SSSR count). The van der Waals surface area contributed by atoms with Gasteiger partial charge in [-0.15, -0.1) is 0 Å². The lowest BCUT2D eigenvalue weighted by atomic mass is 10.0. The second-order valence-corrected chi connectivity index (χ2v) is 8.55. The number of hydrogen-bond donors (Lipinski definition) is 1. The third-order valence-electron chi connectivity index (χ3n) is 5.61. The van der Waals surface area contributed by atoms with E-state index in [2.05, 4.69) is 66.7 Å². The van der Waals surface area contributed by atoms with Crippen molar-refractivity contribution in [2.75, 3.05) is 36.8 Å². The molecule has 5 heteroatoms. The van der Waals surface area contributed by atoms with E-state index in [0.717, 1.165) is 66.7 Å². The largest absolute Gasteiger partial charge is 0.460 e. The Morgan fingerprint density at radius 2 is 1.81 bits per heavy atom. The lowest BCUT2D eigenvalue weighted by molar-refractivity contribution is 0.128. The van der Waals surface area contributed by atoms with E-state index >= 15 is 0 Å². The molecule has 0 radical (unpaired) electrons. The molecule has 0 atom stereocenters. The number of aromatic nitrogens is 1. The maximum Gasteiger partial charge on any atom is 0.147 e. The number of hydrogen-bond acceptors (Lipinski definition) is 5. The molecule has 0 unspecified atom stereocenters. The minimum atomic E-state index is 0.229. The highest BCUT2D eigenvalue weighted by Crippen LogP contribution is 2.33. The summed E-state index contributed by atoms with van der Waals surface area (Å²) in [6.07, 6.45) is 1.97. The van der Waals surface area contributed by atoms with Crippen molar-refractivity contribution >= 4 is 33.4 Å². The van der Waals surface area contributed by atoms with Crippen molar-refractivity contribution in [3.05, 3.63) is 30.0 Å². The van der Waals surface area contributed by atoms with E-state index in [1.54, 1.807) is 0 Å². The Bertz CT molecular complexity index is 962. The molecule has 3 heterocycles. The van der Waals surface area contributed by atoms with Crippen LogP contribution in [0, 0.1) is 0 Å². The van der Waals surface area contributed by atoms with Gasteiger partial charge in [0.05, 0.1) is 10.9 Å². The normalized spacial score (nSPS) is 16.5. The fraction of sp³-hybridized carbons (Fsp3) is 0.500. The molecule has 0 saturated carbocycles. The Morgan fingerprint density at radius 3 is 2.48 bits per heavy atom. The number of aryl methyl sites for hydroxylation is 1. The predicted molar refractivity (Wildman–Crippen MR) is 113 cm³/mol. The number of nitrogens with zero attached hydrogens (tertiary/aromatic N) is 3. The summed E-state index contributed by atoms with van der Waals surface area (Å²) in [6, 6.07) is 8.49. The minimum Gasteiger partial charge on any atom is -0.460 e. The van der Waals surface area contributed by atoms with Crippen LogP contribution in [0.1, 0.15) is 39.9 Å². The Kier molecular flexibility index (Phi) is 4.50. The van der Waals surface area contributed by atoms with Gasteiger partial charge in [-0.25, -0.2) is 4.98 Å². The van der Waals surface area contributed by atoms with Crippen LogP contribution in [0.25, 0.3) is 21.9 Å². The van der Waals surface area contributed by atoms with Gasteiger partial charge < -0.3 is 15.1 Å². The summed E-state index contributed by atoms with van der Waals surface area (Å²) in [5.41, 5.74) is 9.41. The zero-order valence-corrected chi connectivity index (χ0v) is 16.9. The van der Waals surface area contributed by atoms with Crippen LogP contribution < -0.4 is 10.6 Å². The monoisotopic (exact) mass is 366 g/mol. The summed E-state index contributed by atoms with van der Waals surface area (Å²) < 4.78 is 6.16. The van der Waals surface area contributed by atoms with Crippen LogP contribution in [-0.2, 0) is 6.42 Å². The Labute approximate surface area is 161 Å². The summed E-state index contributed by atoms with van der Waals surface area (Å²) >= 11 is 0. The first-order valence-corrected chi connectivity index (χ1v) is 9.98. The van der Waals surface area contributed by atoms with E-state index in [4.69, 9.17) is 10.2 Å². The fourth-order valence-electron chi connectivity index (χ4n) is 4.03. The van der Waals surface area contributed by atoms with Crippen molar-refractivity contribution in [2.24, 2.45) is 0 Å². The van der Waals surface area contributed by atoms with E-state index in [0.29, 0.717) is 5.82 Å². The van der Waals surface area contributed by atoms with Gasteiger partial charge >= 0.3 is 0 Å². The van der Waals surface area contributed by atoms with Crippen LogP contribution in [0.15, 0.2) is 28.7 Å². The highest BCUT2D eigenvalue weighted by Gasteiger charge is 2.26. The zero-order chi connectivity index (χ0) is 19.2. The van der Waals surface area contributed by atoms with Crippen LogP contribution in [-0.4, -0.2) is 41.6 Å². The number of nitrogen functional groups attached to an aromatic ring is 1. The molecule has 1 fully saturated rings. The van der Waals surface area contributed by atoms with Gasteiger partial charge in [-0.2, -0.15) is 0 Å². The third-order valence-corrected chi connectivity index (χ3v) is 5.61. The average molecular weight is 367 g/mol. The quantitative estimate of drug-likeness (QED) is 0.743. The third kappa shape index (κ3) is 3.36. The van der Waals surface area contributed by atoms with Crippen molar-refractivity contribution < 1.29 is 4.42 Å². The van der Waals surface area contributed by atoms with E-state index in [1.165, 1.54) is 5.69 Å². The molecule has 0 spiro atoms. The average Bonchev–Trinajstić information content (AvgIpc) is 3.06. The van der Waals surface area contributed by atoms with Gasteiger partial charge in [-0.1, -0.05) is 6.92 Å². The molecule has 1 aliphatic rings. The first kappa shape index (κ1) is 18.1. The highest BCUT2D eigenvalue weighted by molar-refractivity contribution is 6.07. The lowest BCUT2D eigenvalue weighted by Crippen LogP contribution is -2.53. The molecule has 1 saturated heterocycles. The van der Waals surface area contributed by atoms with Gasteiger partial charge in [0, 0.05) is 49.2 Å². The van der Waals surface area contributed by atoms with Crippen molar-refractivity contribution in [1.29, 1.82) is 0 Å². The maximum absolute atomic E-state index is 6.18. The lowest BCUT2D eigenvalue weighted by Gasteiger charge is -2.43. The summed E-state index contributed by atoms with van der Waals surface area (Å²) in [4.78, 5) is 9.61. The molecule has 27 heavy (non-hydrogen) atoms. The van der Waals surface area contributed by atoms with E-state index < -0.39 is 0 Å². The van der Waals surface area contributed by atoms with Gasteiger partial charge in [0.1, 0.15) is 17.2 Å². The van der Waals surface area contributed by atoms with Gasteiger partial charge in [0.25, 0.3) is 0 Å². The molecule has 3 aromatic rings. The standard InChI is InChI=1S/C22H30N4O/c1-5-6-16-14-18-20(27-16)17-13-15(7-8-19(17)24-21(18)23)25-9-11-26(12-10-25)22(2,3)4/h7-8,13-14H,5-6,9-12H2,1-4H3,(H2,23,24). The molecule has 0 amide bonds. The van der Waals surface area contributed by atoms with Gasteiger partial charge in [0.2, 0.25) is 0 Å². The van der Waals surface area contributed by atoms with Crippen molar-refractivity contribution in [3.8, 4) is 0 Å². The van der Waals surface area contributed by atoms with Crippen molar-refractivity contribution in [3.63, 3.8) is 0 Å². The van der Waals surface area contributed by atoms with E-state index in [9.17, 15) is 0 Å². The molecule has 0 aliphatic carbocycles. The smallest absolute Gasteiger partial charge is 0.147 e. The molecule has 2 aromatic heterocycles. The number of furan rings is 1. The molecule has 1 aromatic carbocycles. The Morgan fingerprint density at radius 1 is 1.07 bits per heavy atom. The Balaban J connectivity index is 1.69. The van der Waals surface area contributed by atoms with Gasteiger partial charge in [0.15, 0.2) is 0 Å². The highest BCUT2D eigenvalue weighted by atomic mass is 16.3.